The molecule has 0 radical (unpaired) electrons. The van der Waals surface area contributed by atoms with Gasteiger partial charge in [0.2, 0.25) is 0 Å². The molecule has 0 amide bonds. The molecule has 1 N–H and O–H groups in total. The number of nitrogens with one attached hydrogen (secondary N) is 1. The molecule has 1 atom stereocenters. The van der Waals surface area contributed by atoms with Crippen LogP contribution in [0.15, 0.2) is 42.5 Å². The van der Waals surface area contributed by atoms with Crippen molar-refractivity contribution in [1.82, 2.24) is 5.32 Å². The van der Waals surface area contributed by atoms with Crippen LogP contribution in [0.4, 0.5) is 4.39 Å². The highest BCUT2D eigenvalue weighted by atomic mass is 35.5. The first-order valence-corrected chi connectivity index (χ1v) is 6.79. The molecule has 106 valence electrons. The normalized spacial score (nSPS) is 12.2. The van der Waals surface area contributed by atoms with Gasteiger partial charge in [0.05, 0.1) is 12.1 Å². The summed E-state index contributed by atoms with van der Waals surface area (Å²) in [6, 6.07) is 12.3. The Hall–Kier alpha value is -1.58. The van der Waals surface area contributed by atoms with Crippen molar-refractivity contribution in [2.24, 2.45) is 0 Å². The van der Waals surface area contributed by atoms with Crippen molar-refractivity contribution in [3.63, 3.8) is 0 Å². The van der Waals surface area contributed by atoms with Crippen LogP contribution in [0.3, 0.4) is 0 Å². The van der Waals surface area contributed by atoms with Crippen molar-refractivity contribution in [2.45, 2.75) is 19.5 Å². The Bertz CT molecular complexity index is 588. The number of rotatable bonds is 5. The summed E-state index contributed by atoms with van der Waals surface area (Å²) in [5.74, 6) is 0.442. The molecule has 4 heteroatoms. The van der Waals surface area contributed by atoms with Crippen molar-refractivity contribution >= 4 is 11.6 Å². The Kier molecular flexibility index (Phi) is 4.99. The highest BCUT2D eigenvalue weighted by Crippen LogP contribution is 2.25. The molecule has 0 bridgehead atoms. The second-order valence-electron chi connectivity index (χ2n) is 4.63. The van der Waals surface area contributed by atoms with Crippen LogP contribution in [-0.4, -0.2) is 7.11 Å². The molecule has 0 fully saturated rings. The lowest BCUT2D eigenvalue weighted by molar-refractivity contribution is 0.414. The molecule has 2 aromatic carbocycles. The van der Waals surface area contributed by atoms with Gasteiger partial charge in [-0.3, -0.25) is 0 Å². The number of hydrogen-bond acceptors (Lipinski definition) is 2. The van der Waals surface area contributed by atoms with Gasteiger partial charge in [0.1, 0.15) is 11.6 Å². The predicted octanol–water partition coefficient (Wildman–Crippen LogP) is 4.34. The molecule has 1 unspecified atom stereocenters. The Labute approximate surface area is 123 Å². The van der Waals surface area contributed by atoms with Crippen LogP contribution < -0.4 is 10.1 Å². The molecular weight excluding hydrogens is 277 g/mol. The summed E-state index contributed by atoms with van der Waals surface area (Å²) in [4.78, 5) is 0. The van der Waals surface area contributed by atoms with Gasteiger partial charge in [-0.25, -0.2) is 4.39 Å². The summed E-state index contributed by atoms with van der Waals surface area (Å²) in [7, 11) is 1.59. The summed E-state index contributed by atoms with van der Waals surface area (Å²) >= 11 is 6.08. The maximum absolute atomic E-state index is 13.2. The molecule has 2 nitrogen and oxygen atoms in total. The van der Waals surface area contributed by atoms with E-state index in [9.17, 15) is 4.39 Å². The zero-order valence-corrected chi connectivity index (χ0v) is 12.2. The molecule has 20 heavy (non-hydrogen) atoms. The van der Waals surface area contributed by atoms with E-state index in [-0.39, 0.29) is 11.9 Å². The van der Waals surface area contributed by atoms with E-state index in [0.29, 0.717) is 17.3 Å². The Morgan fingerprint density at radius 3 is 2.70 bits per heavy atom. The van der Waals surface area contributed by atoms with Gasteiger partial charge in [-0.1, -0.05) is 29.8 Å². The molecular formula is C16H17ClFNO. The Balaban J connectivity index is 1.99. The van der Waals surface area contributed by atoms with E-state index in [0.717, 1.165) is 11.1 Å². The van der Waals surface area contributed by atoms with Crippen LogP contribution in [0.1, 0.15) is 24.1 Å². The quantitative estimate of drug-likeness (QED) is 0.885. The van der Waals surface area contributed by atoms with E-state index >= 15 is 0 Å². The SMILES string of the molecule is COc1ccc(CNC(C)c2cccc(F)c2)cc1Cl. The molecule has 0 spiro atoms. The average molecular weight is 294 g/mol. The Morgan fingerprint density at radius 1 is 1.25 bits per heavy atom. The van der Waals surface area contributed by atoms with Crippen LogP contribution in [0.2, 0.25) is 5.02 Å². The monoisotopic (exact) mass is 293 g/mol. The van der Waals surface area contributed by atoms with Crippen molar-refractivity contribution in [3.8, 4) is 5.75 Å². The number of ether oxygens (including phenoxy) is 1. The molecule has 0 aliphatic rings. The number of benzene rings is 2. The van der Waals surface area contributed by atoms with Gasteiger partial charge in [-0.2, -0.15) is 0 Å². The van der Waals surface area contributed by atoms with Gasteiger partial charge in [-0.05, 0) is 42.3 Å². The predicted molar refractivity (Wildman–Crippen MR) is 79.7 cm³/mol. The Morgan fingerprint density at radius 2 is 2.05 bits per heavy atom. The van der Waals surface area contributed by atoms with Crippen LogP contribution in [-0.2, 0) is 6.54 Å². The first-order chi connectivity index (χ1) is 9.60. The molecule has 2 rings (SSSR count). The third-order valence-electron chi connectivity index (χ3n) is 3.18. The van der Waals surface area contributed by atoms with Gasteiger partial charge in [-0.15, -0.1) is 0 Å². The van der Waals surface area contributed by atoms with Crippen molar-refractivity contribution in [2.75, 3.05) is 7.11 Å². The topological polar surface area (TPSA) is 21.3 Å². The van der Waals surface area contributed by atoms with Gasteiger partial charge >= 0.3 is 0 Å². The highest BCUT2D eigenvalue weighted by molar-refractivity contribution is 6.32. The smallest absolute Gasteiger partial charge is 0.137 e. The van der Waals surface area contributed by atoms with E-state index in [1.54, 1.807) is 19.2 Å². The molecule has 0 aliphatic heterocycles. The summed E-state index contributed by atoms with van der Waals surface area (Å²) < 4.78 is 18.3. The minimum Gasteiger partial charge on any atom is -0.495 e. The first kappa shape index (κ1) is 14.8. The number of hydrogen-bond donors (Lipinski definition) is 1. The van der Waals surface area contributed by atoms with Crippen molar-refractivity contribution in [3.05, 3.63) is 64.4 Å². The van der Waals surface area contributed by atoms with E-state index in [1.165, 1.54) is 6.07 Å². The molecule has 0 saturated carbocycles. The second-order valence-corrected chi connectivity index (χ2v) is 5.03. The fraction of sp³-hybridized carbons (Fsp3) is 0.250. The van der Waals surface area contributed by atoms with Crippen molar-refractivity contribution < 1.29 is 9.13 Å². The van der Waals surface area contributed by atoms with E-state index in [4.69, 9.17) is 16.3 Å². The molecule has 0 aromatic heterocycles. The van der Waals surface area contributed by atoms with Gasteiger partial charge < -0.3 is 10.1 Å². The largest absolute Gasteiger partial charge is 0.495 e. The summed E-state index contributed by atoms with van der Waals surface area (Å²) in [5.41, 5.74) is 1.98. The van der Waals surface area contributed by atoms with Gasteiger partial charge in [0.15, 0.2) is 0 Å². The van der Waals surface area contributed by atoms with E-state index < -0.39 is 0 Å². The summed E-state index contributed by atoms with van der Waals surface area (Å²) in [5, 5.41) is 3.93. The van der Waals surface area contributed by atoms with Crippen LogP contribution in [0.25, 0.3) is 0 Å². The zero-order valence-electron chi connectivity index (χ0n) is 11.5. The third-order valence-corrected chi connectivity index (χ3v) is 3.47. The van der Waals surface area contributed by atoms with Gasteiger partial charge in [0, 0.05) is 12.6 Å². The molecule has 2 aromatic rings. The van der Waals surface area contributed by atoms with Crippen LogP contribution in [0, 0.1) is 5.82 Å². The van der Waals surface area contributed by atoms with Crippen LogP contribution in [0.5, 0.6) is 5.75 Å². The second kappa shape index (κ2) is 6.73. The summed E-state index contributed by atoms with van der Waals surface area (Å²) in [6.45, 7) is 2.65. The highest BCUT2D eigenvalue weighted by Gasteiger charge is 2.07. The standard InChI is InChI=1S/C16H17ClFNO/c1-11(13-4-3-5-14(18)9-13)19-10-12-6-7-16(20-2)15(17)8-12/h3-9,11,19H,10H2,1-2H3. The lowest BCUT2D eigenvalue weighted by Crippen LogP contribution is -2.18. The number of halogens is 2. The third kappa shape index (κ3) is 3.71. The summed E-state index contributed by atoms with van der Waals surface area (Å²) in [6.07, 6.45) is 0. The lowest BCUT2D eigenvalue weighted by atomic mass is 10.1. The molecule has 0 aliphatic carbocycles. The molecule has 0 saturated heterocycles. The van der Waals surface area contributed by atoms with Crippen LogP contribution >= 0.6 is 11.6 Å². The van der Waals surface area contributed by atoms with Gasteiger partial charge in [0.25, 0.3) is 0 Å². The number of methoxy groups -OCH3 is 1. The maximum Gasteiger partial charge on any atom is 0.137 e. The first-order valence-electron chi connectivity index (χ1n) is 6.41. The molecule has 0 heterocycles. The van der Waals surface area contributed by atoms with E-state index in [2.05, 4.69) is 5.32 Å². The fourth-order valence-corrected chi connectivity index (χ4v) is 2.26. The zero-order chi connectivity index (χ0) is 14.5. The minimum absolute atomic E-state index is 0.0616. The minimum atomic E-state index is -0.219. The average Bonchev–Trinajstić information content (AvgIpc) is 2.45. The van der Waals surface area contributed by atoms with Crippen molar-refractivity contribution in [1.29, 1.82) is 0 Å². The van der Waals surface area contributed by atoms with E-state index in [1.807, 2.05) is 31.2 Å². The maximum atomic E-state index is 13.2. The fourth-order valence-electron chi connectivity index (χ4n) is 1.98. The lowest BCUT2D eigenvalue weighted by Gasteiger charge is -2.15.